The number of rotatable bonds is 7. The lowest BCUT2D eigenvalue weighted by atomic mass is 10.2. The standard InChI is InChI=1S/C18H28ClNO4S/c1-5-6-7-8-23-17-9-13(2)16(19)10-18(17)25(21,22)20-11-14(3)24-15(4)12-20/h9-10,14-15H,5-8,11-12H2,1-4H3/t14-,15-/m0/s1. The molecule has 25 heavy (non-hydrogen) atoms. The number of morpholine rings is 1. The van der Waals surface area contributed by atoms with E-state index in [1.165, 1.54) is 10.4 Å². The first kappa shape index (κ1) is 20.5. The zero-order chi connectivity index (χ0) is 18.6. The second-order valence-electron chi connectivity index (χ2n) is 6.68. The van der Waals surface area contributed by atoms with Gasteiger partial charge >= 0.3 is 0 Å². The Hall–Kier alpha value is -0.820. The van der Waals surface area contributed by atoms with Crippen LogP contribution in [-0.2, 0) is 14.8 Å². The van der Waals surface area contributed by atoms with E-state index < -0.39 is 10.0 Å². The van der Waals surface area contributed by atoms with Crippen LogP contribution >= 0.6 is 11.6 Å². The number of aryl methyl sites for hydroxylation is 1. The molecule has 0 N–H and O–H groups in total. The van der Waals surface area contributed by atoms with Gasteiger partial charge in [0.15, 0.2) is 0 Å². The third-order valence-corrected chi connectivity index (χ3v) is 6.49. The minimum absolute atomic E-state index is 0.140. The van der Waals surface area contributed by atoms with Crippen LogP contribution in [0.15, 0.2) is 17.0 Å². The molecule has 0 bridgehead atoms. The minimum Gasteiger partial charge on any atom is -0.492 e. The Labute approximate surface area is 156 Å². The molecule has 1 saturated heterocycles. The van der Waals surface area contributed by atoms with E-state index >= 15 is 0 Å². The van der Waals surface area contributed by atoms with E-state index in [4.69, 9.17) is 21.1 Å². The highest BCUT2D eigenvalue weighted by Gasteiger charge is 2.34. The Morgan fingerprint density at radius 3 is 2.48 bits per heavy atom. The SMILES string of the molecule is CCCCCOc1cc(C)c(Cl)cc1S(=O)(=O)N1C[C@H](C)O[C@@H](C)C1. The zero-order valence-electron chi connectivity index (χ0n) is 15.4. The Bertz CT molecular complexity index is 683. The molecule has 1 aliphatic rings. The van der Waals surface area contributed by atoms with Gasteiger partial charge in [0.05, 0.1) is 18.8 Å². The van der Waals surface area contributed by atoms with Crippen LogP contribution in [0.2, 0.25) is 5.02 Å². The predicted molar refractivity (Wildman–Crippen MR) is 100.0 cm³/mol. The summed E-state index contributed by atoms with van der Waals surface area (Å²) in [5, 5.41) is 0.425. The van der Waals surface area contributed by atoms with Crippen LogP contribution in [0.3, 0.4) is 0 Å². The number of nitrogens with zero attached hydrogens (tertiary/aromatic N) is 1. The normalized spacial score (nSPS) is 22.1. The van der Waals surface area contributed by atoms with Crippen molar-refractivity contribution in [3.63, 3.8) is 0 Å². The second-order valence-corrected chi connectivity index (χ2v) is 9.00. The van der Waals surface area contributed by atoms with Gasteiger partial charge in [-0.3, -0.25) is 0 Å². The lowest BCUT2D eigenvalue weighted by molar-refractivity contribution is -0.0441. The molecule has 0 spiro atoms. The van der Waals surface area contributed by atoms with Crippen LogP contribution in [0.5, 0.6) is 5.75 Å². The molecular formula is C18H28ClNO4S. The van der Waals surface area contributed by atoms with Gasteiger partial charge in [-0.1, -0.05) is 31.4 Å². The number of halogens is 1. The van der Waals surface area contributed by atoms with Crippen molar-refractivity contribution >= 4 is 21.6 Å². The summed E-state index contributed by atoms with van der Waals surface area (Å²) >= 11 is 6.21. The molecule has 1 aromatic rings. The van der Waals surface area contributed by atoms with E-state index in [-0.39, 0.29) is 17.1 Å². The van der Waals surface area contributed by atoms with Gasteiger partial charge < -0.3 is 9.47 Å². The molecule has 0 unspecified atom stereocenters. The maximum absolute atomic E-state index is 13.2. The van der Waals surface area contributed by atoms with E-state index in [9.17, 15) is 8.42 Å². The monoisotopic (exact) mass is 389 g/mol. The Morgan fingerprint density at radius 2 is 1.88 bits per heavy atom. The number of sulfonamides is 1. The van der Waals surface area contributed by atoms with Gasteiger partial charge in [-0.2, -0.15) is 4.31 Å². The van der Waals surface area contributed by atoms with Crippen LogP contribution in [0, 0.1) is 6.92 Å². The predicted octanol–water partition coefficient (Wildman–Crippen LogP) is 4.02. The van der Waals surface area contributed by atoms with Gasteiger partial charge in [0.25, 0.3) is 0 Å². The van der Waals surface area contributed by atoms with Crippen molar-refractivity contribution in [2.24, 2.45) is 0 Å². The molecule has 2 atom stereocenters. The molecule has 1 aliphatic heterocycles. The molecule has 142 valence electrons. The van der Waals surface area contributed by atoms with Crippen molar-refractivity contribution in [2.45, 2.75) is 64.1 Å². The van der Waals surface area contributed by atoms with E-state index in [0.717, 1.165) is 24.8 Å². The highest BCUT2D eigenvalue weighted by Crippen LogP contribution is 2.33. The first-order chi connectivity index (χ1) is 11.8. The summed E-state index contributed by atoms with van der Waals surface area (Å²) in [6.07, 6.45) is 2.73. The first-order valence-electron chi connectivity index (χ1n) is 8.84. The number of benzene rings is 1. The van der Waals surface area contributed by atoms with Crippen molar-refractivity contribution in [1.29, 1.82) is 0 Å². The van der Waals surface area contributed by atoms with Gasteiger partial charge in [-0.05, 0) is 44.9 Å². The quantitative estimate of drug-likeness (QED) is 0.661. The summed E-state index contributed by atoms with van der Waals surface area (Å²) < 4.78 is 39.3. The summed E-state index contributed by atoms with van der Waals surface area (Å²) in [6.45, 7) is 8.86. The molecular weight excluding hydrogens is 362 g/mol. The smallest absolute Gasteiger partial charge is 0.246 e. The molecule has 7 heteroatoms. The molecule has 5 nitrogen and oxygen atoms in total. The Morgan fingerprint density at radius 1 is 1.24 bits per heavy atom. The Kier molecular flexibility index (Phi) is 7.14. The zero-order valence-corrected chi connectivity index (χ0v) is 17.0. The summed E-state index contributed by atoms with van der Waals surface area (Å²) in [7, 11) is -3.70. The highest BCUT2D eigenvalue weighted by molar-refractivity contribution is 7.89. The molecule has 2 rings (SSSR count). The van der Waals surface area contributed by atoms with Crippen LogP contribution in [0.1, 0.15) is 45.6 Å². The summed E-state index contributed by atoms with van der Waals surface area (Å²) in [4.78, 5) is 0.140. The molecule has 0 saturated carbocycles. The number of unbranched alkanes of at least 4 members (excludes halogenated alkanes) is 2. The van der Waals surface area contributed by atoms with E-state index in [0.29, 0.717) is 30.5 Å². The maximum atomic E-state index is 13.2. The number of hydrogen-bond acceptors (Lipinski definition) is 4. The summed E-state index contributed by atoms with van der Waals surface area (Å²) in [6, 6.07) is 3.22. The van der Waals surface area contributed by atoms with E-state index in [1.807, 2.05) is 20.8 Å². The molecule has 0 radical (unpaired) electrons. The maximum Gasteiger partial charge on any atom is 0.246 e. The lowest BCUT2D eigenvalue weighted by Gasteiger charge is -2.34. The van der Waals surface area contributed by atoms with Crippen LogP contribution in [0.25, 0.3) is 0 Å². The first-order valence-corrected chi connectivity index (χ1v) is 10.7. The average molecular weight is 390 g/mol. The van der Waals surface area contributed by atoms with Crippen molar-refractivity contribution in [1.82, 2.24) is 4.31 Å². The minimum atomic E-state index is -3.70. The topological polar surface area (TPSA) is 55.8 Å². The highest BCUT2D eigenvalue weighted by atomic mass is 35.5. The molecule has 1 heterocycles. The molecule has 0 aliphatic carbocycles. The van der Waals surface area contributed by atoms with Crippen LogP contribution < -0.4 is 4.74 Å². The van der Waals surface area contributed by atoms with Gasteiger partial charge in [-0.25, -0.2) is 8.42 Å². The largest absolute Gasteiger partial charge is 0.492 e. The van der Waals surface area contributed by atoms with Gasteiger partial charge in [0.2, 0.25) is 10.0 Å². The fraction of sp³-hybridized carbons (Fsp3) is 0.667. The number of ether oxygens (including phenoxy) is 2. The fourth-order valence-corrected chi connectivity index (χ4v) is 4.91. The summed E-state index contributed by atoms with van der Waals surface area (Å²) in [5.41, 5.74) is 0.801. The third-order valence-electron chi connectivity index (χ3n) is 4.23. The second kappa shape index (κ2) is 8.71. The van der Waals surface area contributed by atoms with Crippen LogP contribution in [0.4, 0.5) is 0 Å². The average Bonchev–Trinajstić information content (AvgIpc) is 2.53. The molecule has 1 aromatic carbocycles. The number of hydrogen-bond donors (Lipinski definition) is 0. The van der Waals surface area contributed by atoms with Crippen molar-refractivity contribution in [3.8, 4) is 5.75 Å². The fourth-order valence-electron chi connectivity index (χ4n) is 2.95. The van der Waals surface area contributed by atoms with Crippen LogP contribution in [-0.4, -0.2) is 44.6 Å². The molecule has 0 amide bonds. The lowest BCUT2D eigenvalue weighted by Crippen LogP contribution is -2.48. The third kappa shape index (κ3) is 5.09. The van der Waals surface area contributed by atoms with Crippen molar-refractivity contribution in [2.75, 3.05) is 19.7 Å². The Balaban J connectivity index is 2.33. The van der Waals surface area contributed by atoms with Gasteiger partial charge in [0.1, 0.15) is 10.6 Å². The van der Waals surface area contributed by atoms with Crippen molar-refractivity contribution in [3.05, 3.63) is 22.7 Å². The van der Waals surface area contributed by atoms with E-state index in [1.54, 1.807) is 6.07 Å². The van der Waals surface area contributed by atoms with Crippen molar-refractivity contribution < 1.29 is 17.9 Å². The molecule has 1 fully saturated rings. The summed E-state index contributed by atoms with van der Waals surface area (Å²) in [5.74, 6) is 0.379. The van der Waals surface area contributed by atoms with Gasteiger partial charge in [0, 0.05) is 18.1 Å². The van der Waals surface area contributed by atoms with E-state index in [2.05, 4.69) is 6.92 Å². The van der Waals surface area contributed by atoms with Gasteiger partial charge in [-0.15, -0.1) is 0 Å². The molecule has 0 aromatic heterocycles.